The Kier molecular flexibility index (Phi) is 3.44. The lowest BCUT2D eigenvalue weighted by molar-refractivity contribution is 0.0990. The molecule has 4 aromatic heterocycles. The van der Waals surface area contributed by atoms with Crippen LogP contribution in [-0.2, 0) is 0 Å². The maximum Gasteiger partial charge on any atom is 0.197 e. The Morgan fingerprint density at radius 1 is 0.966 bits per heavy atom. The van der Waals surface area contributed by atoms with Crippen molar-refractivity contribution in [3.63, 3.8) is 0 Å². The van der Waals surface area contributed by atoms with Gasteiger partial charge in [-0.2, -0.15) is 0 Å². The van der Waals surface area contributed by atoms with E-state index in [1.807, 2.05) is 52.5 Å². The van der Waals surface area contributed by atoms with E-state index in [9.17, 15) is 9.59 Å². The van der Waals surface area contributed by atoms with Crippen molar-refractivity contribution in [2.75, 3.05) is 0 Å². The van der Waals surface area contributed by atoms with Crippen LogP contribution in [0.15, 0.2) is 66.1 Å². The van der Waals surface area contributed by atoms with Crippen molar-refractivity contribution in [3.8, 4) is 5.00 Å². The van der Waals surface area contributed by atoms with E-state index in [0.717, 1.165) is 31.0 Å². The molecule has 5 nitrogen and oxygen atoms in total. The van der Waals surface area contributed by atoms with Crippen molar-refractivity contribution in [3.05, 3.63) is 82.1 Å². The molecule has 0 bridgehead atoms. The maximum atomic E-state index is 12.9. The summed E-state index contributed by atoms with van der Waals surface area (Å²) in [5, 5.41) is 4.88. The Morgan fingerprint density at radius 2 is 1.83 bits per heavy atom. The largest absolute Gasteiger partial charge is 0.292 e. The van der Waals surface area contributed by atoms with Gasteiger partial charge in [-0.25, -0.2) is 9.97 Å². The first-order valence-electron chi connectivity index (χ1n) is 8.89. The van der Waals surface area contributed by atoms with Crippen molar-refractivity contribution in [2.45, 2.75) is 0 Å². The van der Waals surface area contributed by atoms with Crippen molar-refractivity contribution in [1.29, 1.82) is 0 Å². The first-order valence-corrected chi connectivity index (χ1v) is 10.6. The van der Waals surface area contributed by atoms with Gasteiger partial charge in [0, 0.05) is 38.5 Å². The number of nitrogens with zero attached hydrogens (tertiary/aromatic N) is 3. The second-order valence-electron chi connectivity index (χ2n) is 6.74. The molecule has 0 amide bonds. The van der Waals surface area contributed by atoms with Crippen molar-refractivity contribution >= 4 is 61.4 Å². The van der Waals surface area contributed by atoms with Gasteiger partial charge in [-0.15, -0.1) is 22.7 Å². The third-order valence-corrected chi connectivity index (χ3v) is 6.97. The first kappa shape index (κ1) is 16.5. The molecular formula is C22H11N3O2S2. The summed E-state index contributed by atoms with van der Waals surface area (Å²) in [4.78, 5) is 35.0. The van der Waals surface area contributed by atoms with Gasteiger partial charge in [0.1, 0.15) is 17.0 Å². The zero-order chi connectivity index (χ0) is 19.5. The number of ketones is 2. The molecule has 0 atom stereocenters. The second kappa shape index (κ2) is 6.04. The fourth-order valence-corrected chi connectivity index (χ4v) is 5.40. The molecule has 0 unspecified atom stereocenters. The highest BCUT2D eigenvalue weighted by atomic mass is 32.1. The maximum absolute atomic E-state index is 12.9. The zero-order valence-corrected chi connectivity index (χ0v) is 16.5. The fraction of sp³-hybridized carbons (Fsp3) is 0. The molecule has 1 aliphatic rings. The average molecular weight is 413 g/mol. The SMILES string of the molecule is O=C1/C(=C/c2ccc(-n3ccc4cncnc43)s2)C(=O)c2cc3sccc3cc21. The molecule has 0 fully saturated rings. The molecule has 29 heavy (non-hydrogen) atoms. The molecule has 0 saturated heterocycles. The number of hydrogen-bond donors (Lipinski definition) is 0. The van der Waals surface area contributed by atoms with Crippen LogP contribution in [0.4, 0.5) is 0 Å². The Bertz CT molecular complexity index is 1450. The molecule has 4 heterocycles. The van der Waals surface area contributed by atoms with Crippen LogP contribution >= 0.6 is 22.7 Å². The number of carbonyl (C=O) groups is 2. The summed E-state index contributed by atoms with van der Waals surface area (Å²) in [5.41, 5.74) is 2.05. The predicted octanol–water partition coefficient (Wildman–Crippen LogP) is 5.16. The number of allylic oxidation sites excluding steroid dienone is 1. The van der Waals surface area contributed by atoms with Crippen molar-refractivity contribution < 1.29 is 9.59 Å². The van der Waals surface area contributed by atoms with Gasteiger partial charge in [-0.3, -0.25) is 14.2 Å². The van der Waals surface area contributed by atoms with Crippen LogP contribution < -0.4 is 0 Å². The minimum Gasteiger partial charge on any atom is -0.292 e. The summed E-state index contributed by atoms with van der Waals surface area (Å²) in [6, 6.07) is 11.5. The zero-order valence-electron chi connectivity index (χ0n) is 14.8. The number of benzene rings is 1. The predicted molar refractivity (Wildman–Crippen MR) is 115 cm³/mol. The van der Waals surface area contributed by atoms with E-state index < -0.39 is 0 Å². The van der Waals surface area contributed by atoms with Gasteiger partial charge in [0.15, 0.2) is 11.6 Å². The third-order valence-electron chi connectivity index (χ3n) is 5.06. The van der Waals surface area contributed by atoms with Gasteiger partial charge in [0.2, 0.25) is 0 Å². The number of hydrogen-bond acceptors (Lipinski definition) is 6. The smallest absolute Gasteiger partial charge is 0.197 e. The van der Waals surface area contributed by atoms with E-state index in [2.05, 4.69) is 9.97 Å². The monoisotopic (exact) mass is 413 g/mol. The molecule has 7 heteroatoms. The molecule has 0 radical (unpaired) electrons. The Morgan fingerprint density at radius 3 is 2.72 bits per heavy atom. The highest BCUT2D eigenvalue weighted by molar-refractivity contribution is 7.17. The molecular weight excluding hydrogens is 402 g/mol. The van der Waals surface area contributed by atoms with Gasteiger partial charge < -0.3 is 0 Å². The molecule has 0 spiro atoms. The average Bonchev–Trinajstić information content (AvgIpc) is 3.50. The van der Waals surface area contributed by atoms with Gasteiger partial charge in [0.05, 0.1) is 5.57 Å². The molecule has 0 aliphatic heterocycles. The summed E-state index contributed by atoms with van der Waals surface area (Å²) < 4.78 is 3.00. The molecule has 0 N–H and O–H groups in total. The topological polar surface area (TPSA) is 64.8 Å². The van der Waals surface area contributed by atoms with E-state index in [-0.39, 0.29) is 17.1 Å². The highest BCUT2D eigenvalue weighted by Crippen LogP contribution is 2.34. The minimum atomic E-state index is -0.202. The molecule has 1 aromatic carbocycles. The quantitative estimate of drug-likeness (QED) is 0.296. The standard InChI is InChI=1S/C22H11N3O2S2/c26-20-15-7-12-4-6-28-18(12)9-16(15)21(27)17(20)8-14-1-2-19(29-14)25-5-3-13-10-23-11-24-22(13)25/h1-11H/b17-8-. The van der Waals surface area contributed by atoms with Gasteiger partial charge in [-0.05, 0) is 53.2 Å². The number of thiophene rings is 2. The summed E-state index contributed by atoms with van der Waals surface area (Å²) in [6.45, 7) is 0. The first-order chi connectivity index (χ1) is 14.2. The third kappa shape index (κ3) is 2.45. The van der Waals surface area contributed by atoms with Crippen LogP contribution in [0.2, 0.25) is 0 Å². The minimum absolute atomic E-state index is 0.200. The Labute approximate surface area is 172 Å². The van der Waals surface area contributed by atoms with E-state index in [0.29, 0.717) is 11.1 Å². The Hall–Kier alpha value is -3.42. The molecule has 1 aliphatic carbocycles. The summed E-state index contributed by atoms with van der Waals surface area (Å²) in [6.07, 6.45) is 6.94. The fourth-order valence-electron chi connectivity index (χ4n) is 3.66. The van der Waals surface area contributed by atoms with E-state index >= 15 is 0 Å². The lowest BCUT2D eigenvalue weighted by atomic mass is 10.1. The van der Waals surface area contributed by atoms with Crippen LogP contribution in [0.3, 0.4) is 0 Å². The van der Waals surface area contributed by atoms with E-state index in [1.165, 1.54) is 17.7 Å². The van der Waals surface area contributed by atoms with E-state index in [4.69, 9.17) is 0 Å². The van der Waals surface area contributed by atoms with Crippen LogP contribution in [0.25, 0.3) is 32.2 Å². The van der Waals surface area contributed by atoms with Crippen LogP contribution in [0.1, 0.15) is 25.6 Å². The second-order valence-corrected chi connectivity index (χ2v) is 8.78. The Balaban J connectivity index is 1.41. The summed E-state index contributed by atoms with van der Waals surface area (Å²) in [7, 11) is 0. The number of carbonyl (C=O) groups excluding carboxylic acids is 2. The van der Waals surface area contributed by atoms with E-state index in [1.54, 1.807) is 23.6 Å². The van der Waals surface area contributed by atoms with Gasteiger partial charge in [0.25, 0.3) is 0 Å². The molecule has 0 saturated carbocycles. The van der Waals surface area contributed by atoms with Crippen LogP contribution in [0, 0.1) is 0 Å². The van der Waals surface area contributed by atoms with Crippen LogP contribution in [0.5, 0.6) is 0 Å². The normalized spacial score (nSPS) is 15.1. The molecule has 5 aromatic rings. The number of aromatic nitrogens is 3. The highest BCUT2D eigenvalue weighted by Gasteiger charge is 2.33. The van der Waals surface area contributed by atoms with Crippen LogP contribution in [-0.4, -0.2) is 26.1 Å². The van der Waals surface area contributed by atoms with Gasteiger partial charge in [-0.1, -0.05) is 0 Å². The number of rotatable bonds is 2. The van der Waals surface area contributed by atoms with Crippen molar-refractivity contribution in [2.24, 2.45) is 0 Å². The molecule has 6 rings (SSSR count). The number of fused-ring (bicyclic) bond motifs is 3. The number of Topliss-reactive ketones (excluding diaryl/α,β-unsaturated/α-hetero) is 2. The summed E-state index contributed by atoms with van der Waals surface area (Å²) >= 11 is 3.07. The lowest BCUT2D eigenvalue weighted by Crippen LogP contribution is -1.99. The van der Waals surface area contributed by atoms with Crippen molar-refractivity contribution in [1.82, 2.24) is 14.5 Å². The molecule has 138 valence electrons. The summed E-state index contributed by atoms with van der Waals surface area (Å²) in [5.74, 6) is -0.401. The lowest BCUT2D eigenvalue weighted by Gasteiger charge is -1.99. The van der Waals surface area contributed by atoms with Gasteiger partial charge >= 0.3 is 0 Å².